The fraction of sp³-hybridized carbons (Fsp3) is 0.300. The lowest BCUT2D eigenvalue weighted by Gasteiger charge is -2.30. The Morgan fingerprint density at radius 1 is 0.963 bits per heavy atom. The summed E-state index contributed by atoms with van der Waals surface area (Å²) in [5.41, 5.74) is 3.30. The van der Waals surface area contributed by atoms with Gasteiger partial charge in [0.15, 0.2) is 0 Å². The molecule has 1 saturated carbocycles. The van der Waals surface area contributed by atoms with E-state index in [-0.39, 0.29) is 17.9 Å². The highest BCUT2D eigenvalue weighted by Crippen LogP contribution is 2.36. The maximum Gasteiger partial charge on any atom is 0.323 e. The SMILES string of the molecule is O=C(Nc1ccc(Cl)c(Cl)c1)Nc1ccc2c(c1)CCCN2C(=O)C1CC1. The van der Waals surface area contributed by atoms with Crippen molar-refractivity contribution in [2.75, 3.05) is 22.1 Å². The molecule has 27 heavy (non-hydrogen) atoms. The summed E-state index contributed by atoms with van der Waals surface area (Å²) in [5.74, 6) is 0.430. The summed E-state index contributed by atoms with van der Waals surface area (Å²) in [6.45, 7) is 0.771. The fourth-order valence-corrected chi connectivity index (χ4v) is 3.62. The predicted octanol–water partition coefficient (Wildman–Crippen LogP) is 5.33. The fourth-order valence-electron chi connectivity index (χ4n) is 3.32. The van der Waals surface area contributed by atoms with Gasteiger partial charge in [0, 0.05) is 29.5 Å². The van der Waals surface area contributed by atoms with Gasteiger partial charge in [0.25, 0.3) is 0 Å². The van der Waals surface area contributed by atoms with Crippen molar-refractivity contribution in [2.24, 2.45) is 5.92 Å². The molecule has 0 atom stereocenters. The monoisotopic (exact) mass is 403 g/mol. The Morgan fingerprint density at radius 3 is 2.37 bits per heavy atom. The second-order valence-corrected chi connectivity index (χ2v) is 7.73. The van der Waals surface area contributed by atoms with Crippen molar-refractivity contribution in [2.45, 2.75) is 25.7 Å². The Hall–Kier alpha value is -2.24. The van der Waals surface area contributed by atoms with Crippen LogP contribution in [0.2, 0.25) is 10.0 Å². The van der Waals surface area contributed by atoms with Gasteiger partial charge in [0.05, 0.1) is 10.0 Å². The topological polar surface area (TPSA) is 61.4 Å². The van der Waals surface area contributed by atoms with E-state index in [0.29, 0.717) is 21.4 Å². The van der Waals surface area contributed by atoms with E-state index in [2.05, 4.69) is 10.6 Å². The average Bonchev–Trinajstić information content (AvgIpc) is 3.48. The third kappa shape index (κ3) is 4.04. The Morgan fingerprint density at radius 2 is 1.67 bits per heavy atom. The molecule has 2 aromatic rings. The molecule has 3 amide bonds. The summed E-state index contributed by atoms with van der Waals surface area (Å²) in [5, 5.41) is 6.37. The summed E-state index contributed by atoms with van der Waals surface area (Å²) >= 11 is 11.9. The smallest absolute Gasteiger partial charge is 0.312 e. The number of hydrogen-bond acceptors (Lipinski definition) is 2. The van der Waals surface area contributed by atoms with Crippen LogP contribution in [-0.4, -0.2) is 18.5 Å². The molecular weight excluding hydrogens is 385 g/mol. The molecule has 5 nitrogen and oxygen atoms in total. The summed E-state index contributed by atoms with van der Waals surface area (Å²) < 4.78 is 0. The molecule has 0 saturated heterocycles. The molecule has 1 heterocycles. The third-order valence-corrected chi connectivity index (χ3v) is 5.57. The predicted molar refractivity (Wildman–Crippen MR) is 109 cm³/mol. The first-order chi connectivity index (χ1) is 13.0. The Kier molecular flexibility index (Phi) is 4.98. The van der Waals surface area contributed by atoms with E-state index < -0.39 is 0 Å². The van der Waals surface area contributed by atoms with Crippen LogP contribution in [0.4, 0.5) is 21.9 Å². The van der Waals surface area contributed by atoms with Gasteiger partial charge < -0.3 is 15.5 Å². The van der Waals surface area contributed by atoms with Gasteiger partial charge in [-0.05, 0) is 67.6 Å². The quantitative estimate of drug-likeness (QED) is 0.727. The Labute approximate surface area is 167 Å². The van der Waals surface area contributed by atoms with Crippen LogP contribution in [0.15, 0.2) is 36.4 Å². The number of nitrogens with one attached hydrogen (secondary N) is 2. The van der Waals surface area contributed by atoms with Crippen molar-refractivity contribution < 1.29 is 9.59 Å². The highest BCUT2D eigenvalue weighted by atomic mass is 35.5. The Bertz CT molecular complexity index is 912. The first-order valence-electron chi connectivity index (χ1n) is 8.98. The van der Waals surface area contributed by atoms with Gasteiger partial charge in [0.1, 0.15) is 0 Å². The number of fused-ring (bicyclic) bond motifs is 1. The second-order valence-electron chi connectivity index (χ2n) is 6.92. The molecule has 0 aromatic heterocycles. The van der Waals surface area contributed by atoms with Crippen LogP contribution in [0.3, 0.4) is 0 Å². The molecule has 140 valence electrons. The van der Waals surface area contributed by atoms with Gasteiger partial charge >= 0.3 is 6.03 Å². The lowest BCUT2D eigenvalue weighted by molar-refractivity contribution is -0.119. The maximum absolute atomic E-state index is 12.5. The van der Waals surface area contributed by atoms with E-state index in [1.807, 2.05) is 23.1 Å². The minimum absolute atomic E-state index is 0.200. The Balaban J connectivity index is 1.46. The molecule has 1 aliphatic heterocycles. The first-order valence-corrected chi connectivity index (χ1v) is 9.74. The van der Waals surface area contributed by atoms with Crippen LogP contribution in [0.1, 0.15) is 24.8 Å². The van der Waals surface area contributed by atoms with Crippen molar-refractivity contribution in [3.63, 3.8) is 0 Å². The molecule has 0 bridgehead atoms. The van der Waals surface area contributed by atoms with E-state index in [9.17, 15) is 9.59 Å². The van der Waals surface area contributed by atoms with E-state index >= 15 is 0 Å². The van der Waals surface area contributed by atoms with Gasteiger partial charge in [0.2, 0.25) is 5.91 Å². The summed E-state index contributed by atoms with van der Waals surface area (Å²) in [6.07, 6.45) is 3.83. The summed E-state index contributed by atoms with van der Waals surface area (Å²) in [4.78, 5) is 26.6. The minimum Gasteiger partial charge on any atom is -0.312 e. The van der Waals surface area contributed by atoms with Gasteiger partial charge in [-0.15, -0.1) is 0 Å². The lowest BCUT2D eigenvalue weighted by Crippen LogP contribution is -2.36. The van der Waals surface area contributed by atoms with Gasteiger partial charge in [-0.25, -0.2) is 4.79 Å². The summed E-state index contributed by atoms with van der Waals surface area (Å²) in [6, 6.07) is 10.2. The molecule has 2 N–H and O–H groups in total. The van der Waals surface area contributed by atoms with Gasteiger partial charge in [-0.3, -0.25) is 4.79 Å². The number of carbonyl (C=O) groups is 2. The molecule has 4 rings (SSSR count). The van der Waals surface area contributed by atoms with E-state index in [1.54, 1.807) is 18.2 Å². The van der Waals surface area contributed by atoms with Crippen LogP contribution in [0.5, 0.6) is 0 Å². The third-order valence-electron chi connectivity index (χ3n) is 4.83. The van der Waals surface area contributed by atoms with E-state index in [1.165, 1.54) is 0 Å². The van der Waals surface area contributed by atoms with Crippen molar-refractivity contribution >= 4 is 52.2 Å². The molecule has 0 spiro atoms. The molecule has 1 aliphatic carbocycles. The van der Waals surface area contributed by atoms with Crippen molar-refractivity contribution in [1.82, 2.24) is 0 Å². The molecule has 2 aliphatic rings. The van der Waals surface area contributed by atoms with E-state index in [4.69, 9.17) is 23.2 Å². The highest BCUT2D eigenvalue weighted by molar-refractivity contribution is 6.42. The zero-order valence-corrected chi connectivity index (χ0v) is 16.1. The number of carbonyl (C=O) groups excluding carboxylic acids is 2. The largest absolute Gasteiger partial charge is 0.323 e. The van der Waals surface area contributed by atoms with Crippen LogP contribution in [0.25, 0.3) is 0 Å². The van der Waals surface area contributed by atoms with Crippen molar-refractivity contribution in [1.29, 1.82) is 0 Å². The van der Waals surface area contributed by atoms with Gasteiger partial charge in [-0.1, -0.05) is 23.2 Å². The number of halogens is 2. The molecular formula is C20H19Cl2N3O2. The minimum atomic E-state index is -0.366. The van der Waals surface area contributed by atoms with Crippen molar-refractivity contribution in [3.8, 4) is 0 Å². The second kappa shape index (κ2) is 7.41. The van der Waals surface area contributed by atoms with Crippen LogP contribution >= 0.6 is 23.2 Å². The van der Waals surface area contributed by atoms with E-state index in [0.717, 1.165) is 43.5 Å². The number of aryl methyl sites for hydroxylation is 1. The molecule has 0 radical (unpaired) electrons. The standard InChI is InChI=1S/C20H19Cl2N3O2/c21-16-7-5-15(11-17(16)22)24-20(27)23-14-6-8-18-13(10-14)2-1-9-25(18)19(26)12-3-4-12/h5-8,10-12H,1-4,9H2,(H2,23,24,27). The number of anilines is 3. The number of urea groups is 1. The normalized spacial score (nSPS) is 15.9. The van der Waals surface area contributed by atoms with Gasteiger partial charge in [-0.2, -0.15) is 0 Å². The van der Waals surface area contributed by atoms with Crippen LogP contribution in [-0.2, 0) is 11.2 Å². The lowest BCUT2D eigenvalue weighted by atomic mass is 10.0. The number of amides is 3. The maximum atomic E-state index is 12.5. The van der Waals surface area contributed by atoms with Crippen LogP contribution in [0, 0.1) is 5.92 Å². The number of hydrogen-bond donors (Lipinski definition) is 2. The number of rotatable bonds is 3. The molecule has 1 fully saturated rings. The first kappa shape index (κ1) is 18.1. The highest BCUT2D eigenvalue weighted by Gasteiger charge is 2.35. The van der Waals surface area contributed by atoms with Crippen LogP contribution < -0.4 is 15.5 Å². The zero-order valence-electron chi connectivity index (χ0n) is 14.6. The zero-order chi connectivity index (χ0) is 19.0. The average molecular weight is 404 g/mol. The molecule has 0 unspecified atom stereocenters. The summed E-state index contributed by atoms with van der Waals surface area (Å²) in [7, 11) is 0. The molecule has 7 heteroatoms. The molecule has 2 aromatic carbocycles. The number of nitrogens with zero attached hydrogens (tertiary/aromatic N) is 1. The number of benzene rings is 2. The van der Waals surface area contributed by atoms with Crippen molar-refractivity contribution in [3.05, 3.63) is 52.0 Å².